The Morgan fingerprint density at radius 3 is 2.96 bits per heavy atom. The molecule has 0 atom stereocenters. The van der Waals surface area contributed by atoms with E-state index in [9.17, 15) is 4.79 Å². The van der Waals surface area contributed by atoms with Gasteiger partial charge in [-0.3, -0.25) is 4.79 Å². The molecule has 1 N–H and O–H groups in total. The van der Waals surface area contributed by atoms with Gasteiger partial charge in [-0.15, -0.1) is 11.3 Å². The first-order valence-electron chi connectivity index (χ1n) is 8.20. The van der Waals surface area contributed by atoms with Gasteiger partial charge in [0.05, 0.1) is 18.4 Å². The average Bonchev–Trinajstić information content (AvgIpc) is 3.29. The number of rotatable bonds is 3. The molecule has 23 heavy (non-hydrogen) atoms. The molecule has 0 aromatic carbocycles. The SMILES string of the molecule is O=C(Cc1csc(-c2ccoc2)n1)N1CCC2(CCNC2)CC1. The smallest absolute Gasteiger partial charge is 0.228 e. The summed E-state index contributed by atoms with van der Waals surface area (Å²) in [4.78, 5) is 19.1. The van der Waals surface area contributed by atoms with E-state index in [0.29, 0.717) is 11.8 Å². The lowest BCUT2D eigenvalue weighted by Gasteiger charge is -2.38. The van der Waals surface area contributed by atoms with E-state index in [4.69, 9.17) is 4.42 Å². The number of hydrogen-bond acceptors (Lipinski definition) is 5. The molecule has 122 valence electrons. The Balaban J connectivity index is 1.35. The predicted molar refractivity (Wildman–Crippen MR) is 89.3 cm³/mol. The number of nitrogens with one attached hydrogen (secondary N) is 1. The summed E-state index contributed by atoms with van der Waals surface area (Å²) in [5, 5.41) is 6.35. The van der Waals surface area contributed by atoms with E-state index in [1.165, 1.54) is 6.42 Å². The molecule has 6 heteroatoms. The Labute approximate surface area is 139 Å². The Hall–Kier alpha value is -1.66. The lowest BCUT2D eigenvalue weighted by atomic mass is 9.78. The second-order valence-corrected chi connectivity index (χ2v) is 7.50. The maximum atomic E-state index is 12.5. The first-order chi connectivity index (χ1) is 11.2. The molecular formula is C17H21N3O2S. The molecule has 2 aliphatic heterocycles. The summed E-state index contributed by atoms with van der Waals surface area (Å²) in [6, 6.07) is 1.89. The van der Waals surface area contributed by atoms with Gasteiger partial charge in [0.2, 0.25) is 5.91 Å². The number of carbonyl (C=O) groups is 1. The summed E-state index contributed by atoms with van der Waals surface area (Å²) < 4.78 is 5.09. The third-order valence-electron chi connectivity index (χ3n) is 5.16. The van der Waals surface area contributed by atoms with Gasteiger partial charge in [0, 0.05) is 30.6 Å². The van der Waals surface area contributed by atoms with E-state index >= 15 is 0 Å². The standard InChI is InChI=1S/C17H21N3O2S/c21-15(20-6-3-17(4-7-20)2-5-18-12-17)9-14-11-23-16(19-14)13-1-8-22-10-13/h1,8,10-11,18H,2-7,9,12H2. The number of thiazole rings is 1. The van der Waals surface area contributed by atoms with E-state index in [1.54, 1.807) is 23.9 Å². The number of piperidine rings is 1. The van der Waals surface area contributed by atoms with Crippen molar-refractivity contribution in [1.29, 1.82) is 0 Å². The quantitative estimate of drug-likeness (QED) is 0.939. The van der Waals surface area contributed by atoms with Crippen molar-refractivity contribution in [3.05, 3.63) is 29.7 Å². The van der Waals surface area contributed by atoms with E-state index in [2.05, 4.69) is 10.3 Å². The van der Waals surface area contributed by atoms with Gasteiger partial charge in [0.1, 0.15) is 11.3 Å². The molecule has 2 aromatic rings. The summed E-state index contributed by atoms with van der Waals surface area (Å²) in [6.45, 7) is 4.03. The summed E-state index contributed by atoms with van der Waals surface area (Å²) in [7, 11) is 0. The van der Waals surface area contributed by atoms with Crippen LogP contribution in [0.4, 0.5) is 0 Å². The van der Waals surface area contributed by atoms with Crippen LogP contribution in [0.2, 0.25) is 0 Å². The summed E-state index contributed by atoms with van der Waals surface area (Å²) in [6.07, 6.45) is 7.24. The Morgan fingerprint density at radius 1 is 1.39 bits per heavy atom. The number of nitrogens with zero attached hydrogens (tertiary/aromatic N) is 2. The highest BCUT2D eigenvalue weighted by atomic mass is 32.1. The zero-order valence-electron chi connectivity index (χ0n) is 13.1. The molecule has 5 nitrogen and oxygen atoms in total. The number of aromatic nitrogens is 1. The zero-order chi connectivity index (χ0) is 15.7. The molecule has 4 rings (SSSR count). The first kappa shape index (κ1) is 14.9. The van der Waals surface area contributed by atoms with Crippen LogP contribution in [0.15, 0.2) is 28.4 Å². The third kappa shape index (κ3) is 3.05. The van der Waals surface area contributed by atoms with Crippen LogP contribution in [0.5, 0.6) is 0 Å². The molecule has 2 fully saturated rings. The molecule has 2 aliphatic rings. The van der Waals surface area contributed by atoms with Crippen molar-refractivity contribution >= 4 is 17.2 Å². The van der Waals surface area contributed by atoms with Gasteiger partial charge in [0.25, 0.3) is 0 Å². The van der Waals surface area contributed by atoms with Crippen LogP contribution in [0, 0.1) is 5.41 Å². The summed E-state index contributed by atoms with van der Waals surface area (Å²) in [5.74, 6) is 0.204. The van der Waals surface area contributed by atoms with Gasteiger partial charge in [-0.2, -0.15) is 0 Å². The highest BCUT2D eigenvalue weighted by molar-refractivity contribution is 7.13. The second kappa shape index (κ2) is 6.09. The highest BCUT2D eigenvalue weighted by Crippen LogP contribution is 2.37. The maximum absolute atomic E-state index is 12.5. The Morgan fingerprint density at radius 2 is 2.26 bits per heavy atom. The molecule has 0 bridgehead atoms. The monoisotopic (exact) mass is 331 g/mol. The van der Waals surface area contributed by atoms with Crippen molar-refractivity contribution in [3.8, 4) is 10.6 Å². The number of hydrogen-bond donors (Lipinski definition) is 1. The fraction of sp³-hybridized carbons (Fsp3) is 0.529. The van der Waals surface area contributed by atoms with E-state index in [-0.39, 0.29) is 5.91 Å². The Bertz CT molecular complexity index is 664. The topological polar surface area (TPSA) is 58.4 Å². The van der Waals surface area contributed by atoms with Gasteiger partial charge in [-0.25, -0.2) is 4.98 Å². The minimum Gasteiger partial charge on any atom is -0.472 e. The molecule has 0 unspecified atom stereocenters. The first-order valence-corrected chi connectivity index (χ1v) is 9.08. The highest BCUT2D eigenvalue weighted by Gasteiger charge is 2.37. The number of likely N-dealkylation sites (tertiary alicyclic amines) is 1. The summed E-state index contributed by atoms with van der Waals surface area (Å²) in [5.41, 5.74) is 2.28. The van der Waals surface area contributed by atoms with Gasteiger partial charge in [0.15, 0.2) is 0 Å². The third-order valence-corrected chi connectivity index (χ3v) is 6.10. The van der Waals surface area contributed by atoms with Crippen molar-refractivity contribution in [3.63, 3.8) is 0 Å². The summed E-state index contributed by atoms with van der Waals surface area (Å²) >= 11 is 1.56. The van der Waals surface area contributed by atoms with Crippen LogP contribution in [0.1, 0.15) is 25.0 Å². The van der Waals surface area contributed by atoms with Crippen molar-refractivity contribution in [2.45, 2.75) is 25.7 Å². The zero-order valence-corrected chi connectivity index (χ0v) is 13.9. The van der Waals surface area contributed by atoms with Gasteiger partial charge in [-0.05, 0) is 37.3 Å². The van der Waals surface area contributed by atoms with Crippen molar-refractivity contribution in [2.24, 2.45) is 5.41 Å². The van der Waals surface area contributed by atoms with Crippen LogP contribution >= 0.6 is 11.3 Å². The maximum Gasteiger partial charge on any atom is 0.228 e. The average molecular weight is 331 g/mol. The van der Waals surface area contributed by atoms with Crippen molar-refractivity contribution in [2.75, 3.05) is 26.2 Å². The van der Waals surface area contributed by atoms with Crippen molar-refractivity contribution < 1.29 is 9.21 Å². The van der Waals surface area contributed by atoms with Gasteiger partial charge >= 0.3 is 0 Å². The van der Waals surface area contributed by atoms with Crippen LogP contribution in [0.3, 0.4) is 0 Å². The van der Waals surface area contributed by atoms with E-state index in [0.717, 1.165) is 55.3 Å². The Kier molecular flexibility index (Phi) is 3.95. The van der Waals surface area contributed by atoms with Gasteiger partial charge < -0.3 is 14.6 Å². The van der Waals surface area contributed by atoms with Gasteiger partial charge in [-0.1, -0.05) is 0 Å². The van der Waals surface area contributed by atoms with Crippen LogP contribution in [-0.2, 0) is 11.2 Å². The predicted octanol–water partition coefficient (Wildman–Crippen LogP) is 2.55. The lowest BCUT2D eigenvalue weighted by Crippen LogP contribution is -2.44. The minimum atomic E-state index is 0.204. The van der Waals surface area contributed by atoms with Crippen LogP contribution in [-0.4, -0.2) is 42.0 Å². The molecule has 1 amide bonds. The fourth-order valence-corrected chi connectivity index (χ4v) is 4.43. The number of carbonyl (C=O) groups excluding carboxylic acids is 1. The number of amides is 1. The largest absolute Gasteiger partial charge is 0.472 e. The normalized spacial score (nSPS) is 20.3. The van der Waals surface area contributed by atoms with E-state index < -0.39 is 0 Å². The lowest BCUT2D eigenvalue weighted by molar-refractivity contribution is -0.132. The van der Waals surface area contributed by atoms with Crippen molar-refractivity contribution in [1.82, 2.24) is 15.2 Å². The van der Waals surface area contributed by atoms with E-state index in [1.807, 2.05) is 16.3 Å². The molecule has 0 saturated carbocycles. The molecule has 1 spiro atoms. The van der Waals surface area contributed by atoms with Crippen LogP contribution < -0.4 is 5.32 Å². The molecule has 0 aliphatic carbocycles. The molecule has 0 radical (unpaired) electrons. The fourth-order valence-electron chi connectivity index (χ4n) is 3.63. The molecule has 2 aromatic heterocycles. The van der Waals surface area contributed by atoms with Crippen LogP contribution in [0.25, 0.3) is 10.6 Å². The molecule has 2 saturated heterocycles. The molecular weight excluding hydrogens is 310 g/mol. The molecule has 4 heterocycles. The minimum absolute atomic E-state index is 0.204. The number of furan rings is 1. The second-order valence-electron chi connectivity index (χ2n) is 6.64.